The van der Waals surface area contributed by atoms with E-state index in [4.69, 9.17) is 51.1 Å². The number of hydrogen-bond acceptors (Lipinski definition) is 3. The highest BCUT2D eigenvalue weighted by Crippen LogP contribution is 2.34. The fourth-order valence-corrected chi connectivity index (χ4v) is 4.49. The molecule has 2 aliphatic rings. The van der Waals surface area contributed by atoms with Gasteiger partial charge in [-0.15, -0.1) is 0 Å². The summed E-state index contributed by atoms with van der Waals surface area (Å²) >= 11 is 24.1. The molecule has 1 aromatic rings. The average molecular weight is 454 g/mol. The van der Waals surface area contributed by atoms with E-state index in [0.29, 0.717) is 29.2 Å². The van der Waals surface area contributed by atoms with Gasteiger partial charge in [0.25, 0.3) is 5.91 Å². The van der Waals surface area contributed by atoms with E-state index in [-0.39, 0.29) is 5.91 Å². The number of benzene rings is 1. The molecule has 0 aliphatic carbocycles. The van der Waals surface area contributed by atoms with Crippen LogP contribution >= 0.6 is 46.4 Å². The molecule has 1 N–H and O–H groups in total. The van der Waals surface area contributed by atoms with Crippen LogP contribution in [0.4, 0.5) is 0 Å². The van der Waals surface area contributed by atoms with Gasteiger partial charge < -0.3 is 15.0 Å². The summed E-state index contributed by atoms with van der Waals surface area (Å²) in [5.41, 5.74) is 0.429. The molecule has 0 radical (unpaired) electrons. The van der Waals surface area contributed by atoms with Crippen molar-refractivity contribution >= 4 is 52.3 Å². The lowest BCUT2D eigenvalue weighted by atomic mass is 9.84. The molecule has 2 saturated heterocycles. The molecule has 3 rings (SSSR count). The van der Waals surface area contributed by atoms with Crippen LogP contribution in [0.5, 0.6) is 0 Å². The third-order valence-corrected chi connectivity index (χ3v) is 6.22. The summed E-state index contributed by atoms with van der Waals surface area (Å²) in [6, 6.07) is 7.04. The quantitative estimate of drug-likeness (QED) is 0.501. The second-order valence-electron chi connectivity index (χ2n) is 7.24. The van der Waals surface area contributed by atoms with Crippen LogP contribution in [0.1, 0.15) is 42.5 Å². The van der Waals surface area contributed by atoms with Crippen molar-refractivity contribution in [1.29, 1.82) is 0 Å². The smallest absolute Gasteiger partial charge is 0.253 e. The lowest BCUT2D eigenvalue weighted by Crippen LogP contribution is -2.51. The molecule has 1 aromatic carbocycles. The van der Waals surface area contributed by atoms with Crippen LogP contribution in [0.3, 0.4) is 0 Å². The summed E-state index contributed by atoms with van der Waals surface area (Å²) in [7, 11) is 0. The monoisotopic (exact) mass is 452 g/mol. The standard InChI is InChI=1S/C19H24Cl4N2O2/c20-15-8-6-13(7-9-15)17(26)24-18(19(21,22)23)27-12-14-4-3-11-25-10-2-1-5-16(14)25/h6-9,14,16,18H,1-5,10-12H2,(H,24,26)/t14-,16+,18?/m0/s1. The van der Waals surface area contributed by atoms with Gasteiger partial charge in [-0.2, -0.15) is 0 Å². The number of piperidine rings is 2. The van der Waals surface area contributed by atoms with E-state index < -0.39 is 10.0 Å². The molecule has 4 nitrogen and oxygen atoms in total. The molecule has 1 unspecified atom stereocenters. The van der Waals surface area contributed by atoms with Gasteiger partial charge in [0.15, 0.2) is 6.23 Å². The number of carbonyl (C=O) groups excluding carboxylic acids is 1. The first-order chi connectivity index (χ1) is 12.8. The van der Waals surface area contributed by atoms with Crippen molar-refractivity contribution in [2.45, 2.75) is 48.2 Å². The minimum atomic E-state index is -1.76. The zero-order valence-corrected chi connectivity index (χ0v) is 18.0. The molecule has 27 heavy (non-hydrogen) atoms. The summed E-state index contributed by atoms with van der Waals surface area (Å²) in [6.45, 7) is 2.77. The number of hydrogen-bond donors (Lipinski definition) is 1. The zero-order chi connectivity index (χ0) is 19.4. The molecule has 0 bridgehead atoms. The Morgan fingerprint density at radius 2 is 1.85 bits per heavy atom. The Morgan fingerprint density at radius 3 is 2.56 bits per heavy atom. The fraction of sp³-hybridized carbons (Fsp3) is 0.632. The van der Waals surface area contributed by atoms with E-state index in [1.807, 2.05) is 0 Å². The number of rotatable bonds is 5. The largest absolute Gasteiger partial charge is 0.354 e. The molecule has 2 fully saturated rings. The van der Waals surface area contributed by atoms with E-state index in [1.54, 1.807) is 24.3 Å². The van der Waals surface area contributed by atoms with Crippen LogP contribution in [0, 0.1) is 5.92 Å². The molecule has 0 spiro atoms. The molecule has 8 heteroatoms. The van der Waals surface area contributed by atoms with Gasteiger partial charge in [0.05, 0.1) is 6.61 Å². The van der Waals surface area contributed by atoms with Gasteiger partial charge in [0.1, 0.15) is 0 Å². The highest BCUT2D eigenvalue weighted by molar-refractivity contribution is 6.68. The summed E-state index contributed by atoms with van der Waals surface area (Å²) in [6.07, 6.45) is 4.92. The van der Waals surface area contributed by atoms with Crippen LogP contribution in [-0.2, 0) is 4.74 Å². The van der Waals surface area contributed by atoms with Gasteiger partial charge in [-0.1, -0.05) is 52.8 Å². The topological polar surface area (TPSA) is 41.6 Å². The van der Waals surface area contributed by atoms with Crippen molar-refractivity contribution in [3.8, 4) is 0 Å². The SMILES string of the molecule is O=C(NC(OC[C@@H]1CCCN2CCCC[C@H]12)C(Cl)(Cl)Cl)c1ccc(Cl)cc1. The molecule has 150 valence electrons. The molecular weight excluding hydrogens is 430 g/mol. The molecule has 1 amide bonds. The van der Waals surface area contributed by atoms with Gasteiger partial charge >= 0.3 is 0 Å². The van der Waals surface area contributed by atoms with E-state index in [9.17, 15) is 4.79 Å². The highest BCUT2D eigenvalue weighted by atomic mass is 35.6. The van der Waals surface area contributed by atoms with Gasteiger partial charge in [-0.25, -0.2) is 0 Å². The Bertz CT molecular complexity index is 634. The number of ether oxygens (including phenoxy) is 1. The summed E-state index contributed by atoms with van der Waals surface area (Å²) < 4.78 is 4.17. The fourth-order valence-electron chi connectivity index (χ4n) is 4.01. The first-order valence-corrected chi connectivity index (χ1v) is 10.8. The number of carbonyl (C=O) groups is 1. The summed E-state index contributed by atoms with van der Waals surface area (Å²) in [5.74, 6) is 0.0206. The lowest BCUT2D eigenvalue weighted by molar-refractivity contribution is -0.0325. The maximum atomic E-state index is 12.5. The van der Waals surface area contributed by atoms with Crippen molar-refractivity contribution < 1.29 is 9.53 Å². The number of nitrogens with one attached hydrogen (secondary N) is 1. The summed E-state index contributed by atoms with van der Waals surface area (Å²) in [5, 5.41) is 3.24. The molecule has 2 heterocycles. The number of halogens is 4. The van der Waals surface area contributed by atoms with Crippen LogP contribution in [0.15, 0.2) is 24.3 Å². The first-order valence-electron chi connectivity index (χ1n) is 9.33. The number of amides is 1. The minimum absolute atomic E-state index is 0.370. The second-order valence-corrected chi connectivity index (χ2v) is 10.0. The van der Waals surface area contributed by atoms with Crippen LogP contribution in [-0.4, -0.2) is 46.6 Å². The Kier molecular flexibility index (Phi) is 7.57. The predicted molar refractivity (Wildman–Crippen MR) is 111 cm³/mol. The van der Waals surface area contributed by atoms with E-state index >= 15 is 0 Å². The molecule has 3 atom stereocenters. The molecule has 2 aliphatic heterocycles. The number of alkyl halides is 3. The van der Waals surface area contributed by atoms with E-state index in [0.717, 1.165) is 25.9 Å². The van der Waals surface area contributed by atoms with Crippen molar-refractivity contribution in [2.24, 2.45) is 5.92 Å². The number of fused-ring (bicyclic) bond motifs is 1. The van der Waals surface area contributed by atoms with Gasteiger partial charge in [0, 0.05) is 16.6 Å². The van der Waals surface area contributed by atoms with Crippen LogP contribution in [0.2, 0.25) is 5.02 Å². The third kappa shape index (κ3) is 5.88. The zero-order valence-electron chi connectivity index (χ0n) is 15.0. The van der Waals surface area contributed by atoms with E-state index in [2.05, 4.69) is 10.2 Å². The first kappa shape index (κ1) is 21.5. The van der Waals surface area contributed by atoms with Crippen molar-refractivity contribution in [2.75, 3.05) is 19.7 Å². The molecule has 0 aromatic heterocycles. The van der Waals surface area contributed by atoms with Gasteiger partial charge in [0.2, 0.25) is 3.79 Å². The normalized spacial score (nSPS) is 24.9. The highest BCUT2D eigenvalue weighted by Gasteiger charge is 2.38. The van der Waals surface area contributed by atoms with Gasteiger partial charge in [-0.05, 0) is 69.0 Å². The van der Waals surface area contributed by atoms with Crippen molar-refractivity contribution in [3.63, 3.8) is 0 Å². The van der Waals surface area contributed by atoms with Gasteiger partial charge in [-0.3, -0.25) is 4.79 Å². The molecule has 0 saturated carbocycles. The van der Waals surface area contributed by atoms with Crippen LogP contribution in [0.25, 0.3) is 0 Å². The third-order valence-electron chi connectivity index (χ3n) is 5.37. The van der Waals surface area contributed by atoms with Crippen molar-refractivity contribution in [3.05, 3.63) is 34.9 Å². The number of nitrogens with zero attached hydrogens (tertiary/aromatic N) is 1. The predicted octanol–water partition coefficient (Wildman–Crippen LogP) is 5.05. The molecular formula is C19H24Cl4N2O2. The maximum absolute atomic E-state index is 12.5. The maximum Gasteiger partial charge on any atom is 0.253 e. The van der Waals surface area contributed by atoms with Crippen LogP contribution < -0.4 is 5.32 Å². The van der Waals surface area contributed by atoms with Crippen molar-refractivity contribution in [1.82, 2.24) is 10.2 Å². The second kappa shape index (κ2) is 9.51. The minimum Gasteiger partial charge on any atom is -0.354 e. The summed E-state index contributed by atoms with van der Waals surface area (Å²) in [4.78, 5) is 15.0. The Labute approximate surface area is 180 Å². The average Bonchev–Trinajstić information content (AvgIpc) is 2.64. The Balaban J connectivity index is 1.61. The Morgan fingerprint density at radius 1 is 1.15 bits per heavy atom. The lowest BCUT2D eigenvalue weighted by Gasteiger charge is -2.44. The van der Waals surface area contributed by atoms with E-state index in [1.165, 1.54) is 19.3 Å². The Hall–Kier alpha value is -0.230.